The molecule has 1 N–H and O–H groups in total. The Labute approximate surface area is 260 Å². The number of benzene rings is 1. The number of aryl methyl sites for hydroxylation is 3. The fourth-order valence-corrected chi connectivity index (χ4v) is 5.45. The molecule has 5 rings (SSSR count). The number of hydrogen-bond acceptors (Lipinski definition) is 9. The van der Waals surface area contributed by atoms with Crippen molar-refractivity contribution in [3.05, 3.63) is 65.7 Å². The summed E-state index contributed by atoms with van der Waals surface area (Å²) in [5.74, 6) is 0.850. The summed E-state index contributed by atoms with van der Waals surface area (Å²) in [6.07, 6.45) is 17.8. The summed E-state index contributed by atoms with van der Waals surface area (Å²) in [4.78, 5) is 16.9. The summed E-state index contributed by atoms with van der Waals surface area (Å²) in [6.45, 7) is 8.36. The molecule has 2 fully saturated rings. The summed E-state index contributed by atoms with van der Waals surface area (Å²) >= 11 is 0. The SMILES string of the molecule is CCc1cnc(OC2CCC(C)CC2)nc1.CCc1cnc(OC2CCC(O)CC2)nc1.Cc1ccc(S(=O)(=O)Cl)cc1. The summed E-state index contributed by atoms with van der Waals surface area (Å²) in [5.41, 5.74) is 3.28. The number of aliphatic hydroxyl groups excluding tert-OH is 1. The van der Waals surface area contributed by atoms with Crippen LogP contribution in [0.1, 0.15) is 88.8 Å². The molecule has 2 aromatic heterocycles. The number of nitrogens with zero attached hydrogens (tertiary/aromatic N) is 4. The zero-order valence-corrected chi connectivity index (χ0v) is 27.2. The Balaban J connectivity index is 0.000000180. The van der Waals surface area contributed by atoms with Gasteiger partial charge in [0.1, 0.15) is 12.2 Å². The van der Waals surface area contributed by atoms with Crippen LogP contribution in [0, 0.1) is 12.8 Å². The first-order valence-electron chi connectivity index (χ1n) is 15.2. The molecular formula is C32H45ClN4O5S. The average Bonchev–Trinajstić information content (AvgIpc) is 3.01. The molecule has 9 nitrogen and oxygen atoms in total. The second kappa shape index (κ2) is 17.5. The normalized spacial score (nSPS) is 21.8. The molecule has 2 aliphatic carbocycles. The number of aromatic nitrogens is 4. The highest BCUT2D eigenvalue weighted by atomic mass is 35.7. The van der Waals surface area contributed by atoms with E-state index in [-0.39, 0.29) is 17.1 Å². The quantitative estimate of drug-likeness (QED) is 0.285. The molecule has 0 aliphatic heterocycles. The highest BCUT2D eigenvalue weighted by Crippen LogP contribution is 2.26. The van der Waals surface area contributed by atoms with Crippen LogP contribution in [0.5, 0.6) is 12.0 Å². The first-order chi connectivity index (χ1) is 20.5. The smallest absolute Gasteiger partial charge is 0.316 e. The van der Waals surface area contributed by atoms with E-state index >= 15 is 0 Å². The van der Waals surface area contributed by atoms with E-state index in [1.54, 1.807) is 24.5 Å². The van der Waals surface area contributed by atoms with Gasteiger partial charge < -0.3 is 14.6 Å². The number of halogens is 1. The second-order valence-corrected chi connectivity index (χ2v) is 13.8. The van der Waals surface area contributed by atoms with Crippen molar-refractivity contribution in [3.63, 3.8) is 0 Å². The largest absolute Gasteiger partial charge is 0.460 e. The van der Waals surface area contributed by atoms with Gasteiger partial charge in [0.2, 0.25) is 0 Å². The molecule has 11 heteroatoms. The number of ether oxygens (including phenoxy) is 2. The van der Waals surface area contributed by atoms with E-state index in [1.807, 2.05) is 19.3 Å². The maximum Gasteiger partial charge on any atom is 0.316 e. The van der Waals surface area contributed by atoms with Crippen LogP contribution in [-0.4, -0.2) is 51.8 Å². The minimum Gasteiger partial charge on any atom is -0.460 e. The molecule has 0 saturated heterocycles. The van der Waals surface area contributed by atoms with Crippen LogP contribution in [0.3, 0.4) is 0 Å². The van der Waals surface area contributed by atoms with Crippen LogP contribution in [-0.2, 0) is 21.9 Å². The molecular weight excluding hydrogens is 588 g/mol. The molecule has 0 radical (unpaired) electrons. The summed E-state index contributed by atoms with van der Waals surface area (Å²) in [7, 11) is 1.54. The first kappa shape index (κ1) is 34.7. The van der Waals surface area contributed by atoms with Gasteiger partial charge in [0.25, 0.3) is 9.05 Å². The third-order valence-corrected chi connectivity index (χ3v) is 9.00. The third kappa shape index (κ3) is 12.7. The van der Waals surface area contributed by atoms with Crippen molar-refractivity contribution >= 4 is 19.7 Å². The van der Waals surface area contributed by atoms with Crippen molar-refractivity contribution in [2.24, 2.45) is 5.92 Å². The lowest BCUT2D eigenvalue weighted by Crippen LogP contribution is -2.27. The van der Waals surface area contributed by atoms with E-state index in [1.165, 1.54) is 25.0 Å². The summed E-state index contributed by atoms with van der Waals surface area (Å²) in [6, 6.07) is 7.37. The van der Waals surface area contributed by atoms with Crippen LogP contribution in [0.25, 0.3) is 0 Å². The Morgan fingerprint density at radius 1 is 0.744 bits per heavy atom. The molecule has 2 aliphatic rings. The monoisotopic (exact) mass is 632 g/mol. The molecule has 236 valence electrons. The van der Waals surface area contributed by atoms with E-state index in [9.17, 15) is 13.5 Å². The van der Waals surface area contributed by atoms with Crippen LogP contribution < -0.4 is 9.47 Å². The lowest BCUT2D eigenvalue weighted by Gasteiger charge is -2.25. The zero-order chi connectivity index (χ0) is 31.2. The number of hydrogen-bond donors (Lipinski definition) is 1. The van der Waals surface area contributed by atoms with E-state index in [0.717, 1.165) is 74.0 Å². The molecule has 0 unspecified atom stereocenters. The molecule has 1 aromatic carbocycles. The highest BCUT2D eigenvalue weighted by Gasteiger charge is 2.22. The summed E-state index contributed by atoms with van der Waals surface area (Å²) in [5, 5.41) is 9.37. The van der Waals surface area contributed by atoms with Crippen molar-refractivity contribution in [1.82, 2.24) is 19.9 Å². The molecule has 2 saturated carbocycles. The van der Waals surface area contributed by atoms with Crippen molar-refractivity contribution in [2.45, 2.75) is 115 Å². The minimum atomic E-state index is -3.55. The van der Waals surface area contributed by atoms with E-state index < -0.39 is 9.05 Å². The molecule has 3 aromatic rings. The van der Waals surface area contributed by atoms with Gasteiger partial charge in [-0.05, 0) is 100 Å². The fraction of sp³-hybridized carbons (Fsp3) is 0.562. The van der Waals surface area contributed by atoms with Gasteiger partial charge in [-0.1, -0.05) is 38.5 Å². The maximum atomic E-state index is 10.7. The Hall–Kier alpha value is -2.82. The van der Waals surface area contributed by atoms with Gasteiger partial charge >= 0.3 is 12.0 Å². The average molecular weight is 633 g/mol. The van der Waals surface area contributed by atoms with E-state index in [4.69, 9.17) is 20.2 Å². The minimum absolute atomic E-state index is 0.143. The van der Waals surface area contributed by atoms with Crippen molar-refractivity contribution in [1.29, 1.82) is 0 Å². The Morgan fingerprint density at radius 3 is 1.51 bits per heavy atom. The van der Waals surface area contributed by atoms with Gasteiger partial charge in [-0.2, -0.15) is 0 Å². The van der Waals surface area contributed by atoms with E-state index in [0.29, 0.717) is 18.1 Å². The van der Waals surface area contributed by atoms with Crippen molar-refractivity contribution in [2.75, 3.05) is 0 Å². The molecule has 2 heterocycles. The van der Waals surface area contributed by atoms with Crippen molar-refractivity contribution in [3.8, 4) is 12.0 Å². The second-order valence-electron chi connectivity index (χ2n) is 11.3. The van der Waals surface area contributed by atoms with Gasteiger partial charge in [0.15, 0.2) is 0 Å². The predicted molar refractivity (Wildman–Crippen MR) is 168 cm³/mol. The maximum absolute atomic E-state index is 10.7. The Kier molecular flexibility index (Phi) is 14.1. The van der Waals surface area contributed by atoms with Gasteiger partial charge in [0.05, 0.1) is 11.0 Å². The van der Waals surface area contributed by atoms with Gasteiger partial charge in [0, 0.05) is 35.5 Å². The van der Waals surface area contributed by atoms with Gasteiger partial charge in [-0.3, -0.25) is 0 Å². The van der Waals surface area contributed by atoms with Gasteiger partial charge in [-0.15, -0.1) is 0 Å². The molecule has 0 spiro atoms. The number of rotatable bonds is 7. The van der Waals surface area contributed by atoms with Gasteiger partial charge in [-0.25, -0.2) is 28.4 Å². The summed E-state index contributed by atoms with van der Waals surface area (Å²) < 4.78 is 32.9. The first-order valence-corrected chi connectivity index (χ1v) is 17.5. The number of aliphatic hydroxyl groups is 1. The van der Waals surface area contributed by atoms with Crippen molar-refractivity contribution < 1.29 is 23.0 Å². The van der Waals surface area contributed by atoms with E-state index in [2.05, 4.69) is 40.7 Å². The molecule has 0 amide bonds. The molecule has 0 atom stereocenters. The fourth-order valence-electron chi connectivity index (χ4n) is 4.68. The predicted octanol–water partition coefficient (Wildman–Crippen LogP) is 6.64. The lowest BCUT2D eigenvalue weighted by molar-refractivity contribution is 0.0618. The third-order valence-electron chi connectivity index (χ3n) is 7.63. The van der Waals surface area contributed by atoms with Crippen LogP contribution >= 0.6 is 10.7 Å². The molecule has 43 heavy (non-hydrogen) atoms. The highest BCUT2D eigenvalue weighted by molar-refractivity contribution is 8.13. The van der Waals surface area contributed by atoms with Crippen LogP contribution in [0.15, 0.2) is 53.9 Å². The van der Waals surface area contributed by atoms with Crippen LogP contribution in [0.4, 0.5) is 0 Å². The zero-order valence-electron chi connectivity index (χ0n) is 25.7. The molecule has 0 bridgehead atoms. The van der Waals surface area contributed by atoms with Crippen LogP contribution in [0.2, 0.25) is 0 Å². The standard InChI is InChI=1S/C13H20N2O.C12H18N2O2.C7H7ClO2S/c1-3-11-8-14-13(15-9-11)16-12-6-4-10(2)5-7-12;1-2-9-7-13-12(14-8-9)16-11-5-3-10(15)4-6-11;1-6-2-4-7(5-3-6)11(8,9)10/h8-10,12H,3-7H2,1-2H3;7-8,10-11,15H,2-6H2,1H3;2-5H,1H3. The lowest BCUT2D eigenvalue weighted by atomic mass is 9.89. The Morgan fingerprint density at radius 2 is 1.14 bits per heavy atom. The topological polar surface area (TPSA) is 124 Å². The Bertz CT molecular complexity index is 1240.